The van der Waals surface area contributed by atoms with Gasteiger partial charge in [-0.25, -0.2) is 9.59 Å². The monoisotopic (exact) mass is 422 g/mol. The standard InChI is InChI=1S/C14H12Cl2N4.C4H4O4/c15-11-3-1-2-9(13(11)16)14-10-8-18-6-4-12(10)20(19-14)7-5-17;5-3(6)1-2-4(7)8/h1-4,6,8H,5,7,17H2;1-2H,(H,5,6)(H,7,8)/b;2-1+. The number of halogens is 2. The highest BCUT2D eigenvalue weighted by molar-refractivity contribution is 6.43. The van der Waals surface area contributed by atoms with E-state index in [-0.39, 0.29) is 0 Å². The number of rotatable bonds is 5. The van der Waals surface area contributed by atoms with Crippen molar-refractivity contribution in [2.75, 3.05) is 6.54 Å². The zero-order chi connectivity index (χ0) is 20.7. The number of nitrogens with two attached hydrogens (primary N) is 1. The lowest BCUT2D eigenvalue weighted by Gasteiger charge is -2.03. The molecule has 0 bridgehead atoms. The highest BCUT2D eigenvalue weighted by Crippen LogP contribution is 2.36. The van der Waals surface area contributed by atoms with Crippen LogP contribution in [0.4, 0.5) is 0 Å². The van der Waals surface area contributed by atoms with E-state index in [1.165, 1.54) is 0 Å². The van der Waals surface area contributed by atoms with Crippen molar-refractivity contribution in [2.24, 2.45) is 5.73 Å². The number of nitrogens with zero attached hydrogens (tertiary/aromatic N) is 3. The molecule has 0 aliphatic carbocycles. The Bertz CT molecular complexity index is 1020. The van der Waals surface area contributed by atoms with Gasteiger partial charge in [0.15, 0.2) is 0 Å². The number of benzene rings is 1. The van der Waals surface area contributed by atoms with Crippen LogP contribution < -0.4 is 5.73 Å². The van der Waals surface area contributed by atoms with Crippen LogP contribution in [-0.2, 0) is 16.1 Å². The predicted molar refractivity (Wildman–Crippen MR) is 106 cm³/mol. The third kappa shape index (κ3) is 5.29. The molecule has 0 fully saturated rings. The molecule has 146 valence electrons. The molecule has 8 nitrogen and oxygen atoms in total. The first-order valence-electron chi connectivity index (χ1n) is 7.94. The number of hydrogen-bond acceptors (Lipinski definition) is 5. The van der Waals surface area contributed by atoms with Gasteiger partial charge in [0, 0.05) is 42.0 Å². The van der Waals surface area contributed by atoms with Crippen molar-refractivity contribution in [1.29, 1.82) is 0 Å². The largest absolute Gasteiger partial charge is 0.478 e. The van der Waals surface area contributed by atoms with E-state index in [0.717, 1.165) is 22.2 Å². The molecule has 3 rings (SSSR count). The van der Waals surface area contributed by atoms with Crippen molar-refractivity contribution in [3.8, 4) is 11.3 Å². The fourth-order valence-electron chi connectivity index (χ4n) is 2.34. The van der Waals surface area contributed by atoms with Gasteiger partial charge < -0.3 is 15.9 Å². The summed E-state index contributed by atoms with van der Waals surface area (Å²) in [7, 11) is 0. The van der Waals surface area contributed by atoms with E-state index < -0.39 is 11.9 Å². The van der Waals surface area contributed by atoms with Gasteiger partial charge in [0.1, 0.15) is 5.69 Å². The zero-order valence-corrected chi connectivity index (χ0v) is 15.9. The molecule has 0 amide bonds. The van der Waals surface area contributed by atoms with E-state index in [0.29, 0.717) is 35.3 Å². The van der Waals surface area contributed by atoms with Crippen molar-refractivity contribution in [3.63, 3.8) is 0 Å². The second-order valence-corrected chi connectivity index (χ2v) is 6.15. The number of carboxylic acid groups (broad SMARTS) is 2. The topological polar surface area (TPSA) is 131 Å². The molecule has 1 aromatic carbocycles. The van der Waals surface area contributed by atoms with Crippen molar-refractivity contribution >= 4 is 46.0 Å². The van der Waals surface area contributed by atoms with Crippen LogP contribution in [0.3, 0.4) is 0 Å². The first-order valence-corrected chi connectivity index (χ1v) is 8.69. The second-order valence-electron chi connectivity index (χ2n) is 5.36. The van der Waals surface area contributed by atoms with E-state index in [9.17, 15) is 9.59 Å². The van der Waals surface area contributed by atoms with Gasteiger partial charge in [0.2, 0.25) is 0 Å². The lowest BCUT2D eigenvalue weighted by atomic mass is 10.1. The summed E-state index contributed by atoms with van der Waals surface area (Å²) >= 11 is 12.4. The fraction of sp³-hybridized carbons (Fsp3) is 0.111. The quantitative estimate of drug-likeness (QED) is 0.538. The van der Waals surface area contributed by atoms with Gasteiger partial charge in [-0.3, -0.25) is 9.67 Å². The van der Waals surface area contributed by atoms with Crippen molar-refractivity contribution in [1.82, 2.24) is 14.8 Å². The first-order chi connectivity index (χ1) is 13.3. The molecule has 28 heavy (non-hydrogen) atoms. The molecule has 0 atom stereocenters. The van der Waals surface area contributed by atoms with E-state index in [2.05, 4.69) is 10.1 Å². The van der Waals surface area contributed by atoms with E-state index >= 15 is 0 Å². The van der Waals surface area contributed by atoms with Crippen molar-refractivity contribution in [3.05, 3.63) is 58.9 Å². The number of aliphatic carboxylic acids is 2. The number of carbonyl (C=O) groups is 2. The first kappa shape index (κ1) is 21.4. The molecule has 0 saturated carbocycles. The molecule has 0 unspecified atom stereocenters. The van der Waals surface area contributed by atoms with Crippen LogP contribution in [-0.4, -0.2) is 43.5 Å². The lowest BCUT2D eigenvalue weighted by Crippen LogP contribution is -2.10. The van der Waals surface area contributed by atoms with Crippen molar-refractivity contribution < 1.29 is 19.8 Å². The van der Waals surface area contributed by atoms with Crippen LogP contribution in [0.15, 0.2) is 48.8 Å². The molecule has 0 radical (unpaired) electrons. The Morgan fingerprint density at radius 2 is 1.82 bits per heavy atom. The Kier molecular flexibility index (Phi) is 7.51. The van der Waals surface area contributed by atoms with Crippen LogP contribution >= 0.6 is 23.2 Å². The Morgan fingerprint density at radius 3 is 2.43 bits per heavy atom. The number of fused-ring (bicyclic) bond motifs is 1. The summed E-state index contributed by atoms with van der Waals surface area (Å²) in [6, 6.07) is 7.42. The highest BCUT2D eigenvalue weighted by atomic mass is 35.5. The van der Waals surface area contributed by atoms with Gasteiger partial charge in [-0.15, -0.1) is 0 Å². The van der Waals surface area contributed by atoms with Gasteiger partial charge in [0.25, 0.3) is 0 Å². The van der Waals surface area contributed by atoms with Crippen LogP contribution in [0.5, 0.6) is 0 Å². The fourth-order valence-corrected chi connectivity index (χ4v) is 2.73. The molecule has 3 aromatic rings. The third-order valence-corrected chi connectivity index (χ3v) is 4.29. The van der Waals surface area contributed by atoms with Gasteiger partial charge in [-0.1, -0.05) is 35.3 Å². The molecule has 2 heterocycles. The maximum atomic E-state index is 9.55. The molecular formula is C18H16Cl2N4O4. The normalized spacial score (nSPS) is 10.7. The molecule has 2 aromatic heterocycles. The summed E-state index contributed by atoms with van der Waals surface area (Å²) in [5, 5.41) is 22.2. The predicted octanol–water partition coefficient (Wildman–Crippen LogP) is 3.08. The number of aromatic nitrogens is 3. The van der Waals surface area contributed by atoms with E-state index in [1.807, 2.05) is 22.9 Å². The summed E-state index contributed by atoms with van der Waals surface area (Å²) < 4.78 is 1.86. The molecule has 10 heteroatoms. The minimum Gasteiger partial charge on any atom is -0.478 e. The molecule has 0 spiro atoms. The molecule has 4 N–H and O–H groups in total. The molecule has 0 aliphatic rings. The Morgan fingerprint density at radius 1 is 1.14 bits per heavy atom. The summed E-state index contributed by atoms with van der Waals surface area (Å²) in [5.41, 5.74) is 8.18. The van der Waals surface area contributed by atoms with Crippen LogP contribution in [0.1, 0.15) is 0 Å². The molecule has 0 saturated heterocycles. The second kappa shape index (κ2) is 9.84. The Labute approximate surface area is 169 Å². The minimum absolute atomic E-state index is 0.498. The lowest BCUT2D eigenvalue weighted by molar-refractivity contribution is -0.134. The van der Waals surface area contributed by atoms with Gasteiger partial charge in [0.05, 0.1) is 22.1 Å². The maximum absolute atomic E-state index is 9.55. The minimum atomic E-state index is -1.26. The maximum Gasteiger partial charge on any atom is 0.328 e. The van der Waals surface area contributed by atoms with Gasteiger partial charge >= 0.3 is 11.9 Å². The zero-order valence-electron chi connectivity index (χ0n) is 14.4. The molecular weight excluding hydrogens is 407 g/mol. The summed E-state index contributed by atoms with van der Waals surface area (Å²) in [6.07, 6.45) is 4.63. The Hall–Kier alpha value is -2.94. The summed E-state index contributed by atoms with van der Waals surface area (Å²) in [5.74, 6) is -2.51. The van der Waals surface area contributed by atoms with Crippen LogP contribution in [0.2, 0.25) is 10.0 Å². The summed E-state index contributed by atoms with van der Waals surface area (Å²) in [4.78, 5) is 23.3. The smallest absolute Gasteiger partial charge is 0.328 e. The number of carboxylic acids is 2. The highest BCUT2D eigenvalue weighted by Gasteiger charge is 2.15. The average Bonchev–Trinajstić information content (AvgIpc) is 3.02. The Balaban J connectivity index is 0.000000300. The SMILES string of the molecule is NCCn1nc(-c2cccc(Cl)c2Cl)c2cnccc21.O=C(O)/C=C/C(=O)O. The van der Waals surface area contributed by atoms with Crippen molar-refractivity contribution in [2.45, 2.75) is 6.54 Å². The van der Waals surface area contributed by atoms with Gasteiger partial charge in [-0.2, -0.15) is 5.10 Å². The molecule has 0 aliphatic heterocycles. The van der Waals surface area contributed by atoms with Crippen LogP contribution in [0, 0.1) is 0 Å². The third-order valence-electron chi connectivity index (χ3n) is 3.47. The van der Waals surface area contributed by atoms with Crippen LogP contribution in [0.25, 0.3) is 22.2 Å². The number of pyridine rings is 1. The number of hydrogen-bond donors (Lipinski definition) is 3. The van der Waals surface area contributed by atoms with Gasteiger partial charge in [-0.05, 0) is 12.1 Å². The average molecular weight is 423 g/mol. The van der Waals surface area contributed by atoms with E-state index in [4.69, 9.17) is 39.1 Å². The van der Waals surface area contributed by atoms with E-state index in [1.54, 1.807) is 18.5 Å². The summed E-state index contributed by atoms with van der Waals surface area (Å²) in [6.45, 7) is 1.15.